The van der Waals surface area contributed by atoms with Crippen LogP contribution in [-0.2, 0) is 16.1 Å². The van der Waals surface area contributed by atoms with Gasteiger partial charge >= 0.3 is 0 Å². The lowest BCUT2D eigenvalue weighted by atomic mass is 10.2. The molecule has 1 rings (SSSR count). The van der Waals surface area contributed by atoms with Gasteiger partial charge in [-0.2, -0.15) is 0 Å². The molecular formula is C17H30O2. The Kier molecular flexibility index (Phi) is 11.6. The number of rotatable bonds is 8. The second kappa shape index (κ2) is 12.2. The van der Waals surface area contributed by atoms with E-state index in [0.717, 1.165) is 12.8 Å². The van der Waals surface area contributed by atoms with E-state index in [1.54, 1.807) is 0 Å². The van der Waals surface area contributed by atoms with Crippen LogP contribution in [0, 0.1) is 0 Å². The van der Waals surface area contributed by atoms with Gasteiger partial charge in [-0.3, -0.25) is 0 Å². The minimum absolute atomic E-state index is 0.170. The van der Waals surface area contributed by atoms with Crippen LogP contribution < -0.4 is 0 Å². The second-order valence-electron chi connectivity index (χ2n) is 4.39. The Bertz CT molecular complexity index is 281. The molecule has 0 aliphatic heterocycles. The van der Waals surface area contributed by atoms with Crippen molar-refractivity contribution >= 4 is 0 Å². The van der Waals surface area contributed by atoms with Gasteiger partial charge in [0.05, 0.1) is 25.4 Å². The Hall–Kier alpha value is -0.860. The first-order valence-electron chi connectivity index (χ1n) is 7.53. The van der Waals surface area contributed by atoms with E-state index in [4.69, 9.17) is 9.47 Å². The maximum atomic E-state index is 5.86. The Morgan fingerprint density at radius 3 is 2.11 bits per heavy atom. The molecular weight excluding hydrogens is 236 g/mol. The molecule has 1 aromatic rings. The summed E-state index contributed by atoms with van der Waals surface area (Å²) in [5, 5.41) is 0. The average Bonchev–Trinajstić information content (AvgIpc) is 2.48. The molecule has 0 N–H and O–H groups in total. The largest absolute Gasteiger partial charge is 0.374 e. The zero-order valence-corrected chi connectivity index (χ0v) is 13.2. The summed E-state index contributed by atoms with van der Waals surface area (Å²) >= 11 is 0. The van der Waals surface area contributed by atoms with E-state index in [1.165, 1.54) is 5.56 Å². The zero-order chi connectivity index (χ0) is 14.5. The summed E-state index contributed by atoms with van der Waals surface area (Å²) in [6.07, 6.45) is 2.67. The Balaban J connectivity index is 0.00000154. The highest BCUT2D eigenvalue weighted by molar-refractivity contribution is 5.13. The summed E-state index contributed by atoms with van der Waals surface area (Å²) in [6.45, 7) is 11.7. The van der Waals surface area contributed by atoms with Gasteiger partial charge in [0, 0.05) is 0 Å². The van der Waals surface area contributed by atoms with Crippen molar-refractivity contribution in [1.82, 2.24) is 0 Å². The number of ether oxygens (including phenoxy) is 2. The van der Waals surface area contributed by atoms with Gasteiger partial charge in [-0.25, -0.2) is 0 Å². The van der Waals surface area contributed by atoms with Crippen molar-refractivity contribution in [2.75, 3.05) is 6.61 Å². The van der Waals surface area contributed by atoms with E-state index in [1.807, 2.05) is 32.0 Å². The van der Waals surface area contributed by atoms with Crippen molar-refractivity contribution in [2.24, 2.45) is 0 Å². The van der Waals surface area contributed by atoms with Crippen molar-refractivity contribution in [3.8, 4) is 0 Å². The minimum atomic E-state index is 0.170. The lowest BCUT2D eigenvalue weighted by Crippen LogP contribution is -2.22. The molecule has 0 bridgehead atoms. The molecule has 0 fully saturated rings. The standard InChI is InChI=1S/C15H24O2.C2H6/c1-4-15(5-2)17-13(3)11-16-12-14-9-7-6-8-10-14;1-2/h6-10,13,15H,4-5,11-12H2,1-3H3;1-2H3/t13-;/m0./s1. The topological polar surface area (TPSA) is 18.5 Å². The molecule has 0 aliphatic rings. The zero-order valence-electron chi connectivity index (χ0n) is 13.2. The molecule has 0 aliphatic carbocycles. The molecule has 0 aromatic heterocycles. The van der Waals surface area contributed by atoms with Gasteiger partial charge in [-0.1, -0.05) is 58.0 Å². The fraction of sp³-hybridized carbons (Fsp3) is 0.647. The van der Waals surface area contributed by atoms with Crippen molar-refractivity contribution in [3.63, 3.8) is 0 Å². The van der Waals surface area contributed by atoms with Gasteiger partial charge < -0.3 is 9.47 Å². The van der Waals surface area contributed by atoms with E-state index in [-0.39, 0.29) is 6.10 Å². The molecule has 2 heteroatoms. The molecule has 110 valence electrons. The highest BCUT2D eigenvalue weighted by atomic mass is 16.5. The molecule has 0 saturated carbocycles. The Morgan fingerprint density at radius 2 is 1.58 bits per heavy atom. The number of hydrogen-bond donors (Lipinski definition) is 0. The highest BCUT2D eigenvalue weighted by Gasteiger charge is 2.09. The first-order chi connectivity index (χ1) is 9.26. The Labute approximate surface area is 119 Å². The van der Waals surface area contributed by atoms with E-state index in [2.05, 4.69) is 32.9 Å². The minimum Gasteiger partial charge on any atom is -0.374 e. The summed E-state index contributed by atoms with van der Waals surface area (Å²) < 4.78 is 11.5. The van der Waals surface area contributed by atoms with E-state index < -0.39 is 0 Å². The van der Waals surface area contributed by atoms with E-state index in [9.17, 15) is 0 Å². The molecule has 0 radical (unpaired) electrons. The molecule has 0 saturated heterocycles. The summed E-state index contributed by atoms with van der Waals surface area (Å²) in [5.41, 5.74) is 1.21. The molecule has 0 heterocycles. The van der Waals surface area contributed by atoms with Crippen LogP contribution in [0.15, 0.2) is 30.3 Å². The predicted molar refractivity (Wildman–Crippen MR) is 82.4 cm³/mol. The van der Waals surface area contributed by atoms with Crippen LogP contribution in [0.3, 0.4) is 0 Å². The van der Waals surface area contributed by atoms with Crippen molar-refractivity contribution in [3.05, 3.63) is 35.9 Å². The summed E-state index contributed by atoms with van der Waals surface area (Å²) in [5.74, 6) is 0. The number of benzene rings is 1. The maximum absolute atomic E-state index is 5.86. The maximum Gasteiger partial charge on any atom is 0.0784 e. The summed E-state index contributed by atoms with van der Waals surface area (Å²) in [7, 11) is 0. The average molecular weight is 266 g/mol. The Morgan fingerprint density at radius 1 is 1.00 bits per heavy atom. The third-order valence-corrected chi connectivity index (χ3v) is 2.80. The van der Waals surface area contributed by atoms with Gasteiger partial charge in [-0.05, 0) is 25.3 Å². The van der Waals surface area contributed by atoms with Gasteiger partial charge in [0.1, 0.15) is 0 Å². The van der Waals surface area contributed by atoms with Gasteiger partial charge in [-0.15, -0.1) is 0 Å². The molecule has 0 amide bonds. The first-order valence-corrected chi connectivity index (χ1v) is 7.53. The number of hydrogen-bond acceptors (Lipinski definition) is 2. The molecule has 0 unspecified atom stereocenters. The van der Waals surface area contributed by atoms with E-state index >= 15 is 0 Å². The van der Waals surface area contributed by atoms with Crippen LogP contribution >= 0.6 is 0 Å². The smallest absolute Gasteiger partial charge is 0.0784 e. The fourth-order valence-corrected chi connectivity index (χ4v) is 1.77. The van der Waals surface area contributed by atoms with Crippen LogP contribution in [0.5, 0.6) is 0 Å². The molecule has 1 aromatic carbocycles. The van der Waals surface area contributed by atoms with Crippen LogP contribution in [0.25, 0.3) is 0 Å². The third-order valence-electron chi connectivity index (χ3n) is 2.80. The molecule has 1 atom stereocenters. The third kappa shape index (κ3) is 8.79. The van der Waals surface area contributed by atoms with Gasteiger partial charge in [0.25, 0.3) is 0 Å². The predicted octanol–water partition coefficient (Wildman–Crippen LogP) is 4.82. The second-order valence-corrected chi connectivity index (χ2v) is 4.39. The first kappa shape index (κ1) is 18.1. The van der Waals surface area contributed by atoms with Crippen LogP contribution in [0.1, 0.15) is 53.0 Å². The van der Waals surface area contributed by atoms with Crippen LogP contribution in [-0.4, -0.2) is 18.8 Å². The SMILES string of the molecule is CC.CCC(CC)O[C@@H](C)COCc1ccccc1. The lowest BCUT2D eigenvalue weighted by Gasteiger charge is -2.20. The molecule has 0 spiro atoms. The van der Waals surface area contributed by atoms with Crippen molar-refractivity contribution < 1.29 is 9.47 Å². The van der Waals surface area contributed by atoms with Crippen LogP contribution in [0.2, 0.25) is 0 Å². The monoisotopic (exact) mass is 266 g/mol. The van der Waals surface area contributed by atoms with Crippen LogP contribution in [0.4, 0.5) is 0 Å². The normalized spacial score (nSPS) is 11.9. The van der Waals surface area contributed by atoms with E-state index in [0.29, 0.717) is 19.3 Å². The van der Waals surface area contributed by atoms with Gasteiger partial charge in [0.2, 0.25) is 0 Å². The van der Waals surface area contributed by atoms with Gasteiger partial charge in [0.15, 0.2) is 0 Å². The highest BCUT2D eigenvalue weighted by Crippen LogP contribution is 2.08. The lowest BCUT2D eigenvalue weighted by molar-refractivity contribution is -0.0538. The summed E-state index contributed by atoms with van der Waals surface area (Å²) in [6, 6.07) is 10.2. The fourth-order valence-electron chi connectivity index (χ4n) is 1.77. The molecule has 19 heavy (non-hydrogen) atoms. The quantitative estimate of drug-likeness (QED) is 0.671. The summed E-state index contributed by atoms with van der Waals surface area (Å²) in [4.78, 5) is 0. The molecule has 2 nitrogen and oxygen atoms in total. The van der Waals surface area contributed by atoms with Crippen molar-refractivity contribution in [1.29, 1.82) is 0 Å². The van der Waals surface area contributed by atoms with Crippen molar-refractivity contribution in [2.45, 2.75) is 66.3 Å².